The second kappa shape index (κ2) is 7.03. The van der Waals surface area contributed by atoms with Gasteiger partial charge in [-0.25, -0.2) is 17.6 Å². The Labute approximate surface area is 139 Å². The van der Waals surface area contributed by atoms with E-state index in [9.17, 15) is 30.7 Å². The molecule has 2 aromatic rings. The minimum atomic E-state index is -4.53. The minimum Gasteiger partial charge on any atom is -0.308 e. The molecule has 0 fully saturated rings. The average Bonchev–Trinajstić information content (AvgIpc) is 2.53. The fourth-order valence-electron chi connectivity index (χ4n) is 2.40. The van der Waals surface area contributed by atoms with Crippen LogP contribution in [0.4, 0.5) is 30.7 Å². The van der Waals surface area contributed by atoms with Crippen LogP contribution in [-0.4, -0.2) is 0 Å². The Bertz CT molecular complexity index is 768. The van der Waals surface area contributed by atoms with Gasteiger partial charge in [0, 0.05) is 24.2 Å². The third-order valence-corrected chi connectivity index (χ3v) is 3.67. The minimum absolute atomic E-state index is 0.166. The molecule has 0 atom stereocenters. The van der Waals surface area contributed by atoms with Crippen molar-refractivity contribution in [1.29, 1.82) is 0 Å². The molecule has 0 aliphatic rings. The standard InChI is InChI=1S/C17H14F7N/c1-8-3-10(5-11(4-8)17(22,23)24)6-25-7-12-15(20)13(18)9(2)14(19)16(12)21/h3-5,25H,6-7H2,1-2H3. The van der Waals surface area contributed by atoms with Crippen molar-refractivity contribution in [1.82, 2.24) is 5.32 Å². The zero-order valence-electron chi connectivity index (χ0n) is 13.3. The summed E-state index contributed by atoms with van der Waals surface area (Å²) < 4.78 is 92.7. The maximum atomic E-state index is 13.7. The molecule has 0 aromatic heterocycles. The predicted molar refractivity (Wildman–Crippen MR) is 77.7 cm³/mol. The molecule has 0 radical (unpaired) electrons. The summed E-state index contributed by atoms with van der Waals surface area (Å²) in [7, 11) is 0. The molecule has 8 heteroatoms. The molecule has 0 heterocycles. The Balaban J connectivity index is 2.19. The van der Waals surface area contributed by atoms with Gasteiger partial charge >= 0.3 is 6.18 Å². The summed E-state index contributed by atoms with van der Waals surface area (Å²) >= 11 is 0. The summed E-state index contributed by atoms with van der Waals surface area (Å²) in [5, 5.41) is 2.50. The lowest BCUT2D eigenvalue weighted by atomic mass is 10.1. The summed E-state index contributed by atoms with van der Waals surface area (Å²) in [6, 6.07) is 3.32. The number of hydrogen-bond donors (Lipinski definition) is 1. The molecule has 1 N–H and O–H groups in total. The average molecular weight is 365 g/mol. The van der Waals surface area contributed by atoms with Crippen LogP contribution < -0.4 is 5.32 Å². The molecule has 0 spiro atoms. The van der Waals surface area contributed by atoms with Gasteiger partial charge < -0.3 is 5.32 Å². The molecule has 0 aliphatic carbocycles. The molecular weight excluding hydrogens is 351 g/mol. The van der Waals surface area contributed by atoms with Crippen LogP contribution in [0.15, 0.2) is 18.2 Å². The number of hydrogen-bond acceptors (Lipinski definition) is 1. The second-order valence-electron chi connectivity index (χ2n) is 5.67. The Morgan fingerprint density at radius 2 is 1.36 bits per heavy atom. The van der Waals surface area contributed by atoms with Crippen molar-refractivity contribution in [3.8, 4) is 0 Å². The first kappa shape index (κ1) is 19.2. The Morgan fingerprint density at radius 1 is 0.800 bits per heavy atom. The van der Waals surface area contributed by atoms with E-state index in [4.69, 9.17) is 0 Å². The highest BCUT2D eigenvalue weighted by molar-refractivity contribution is 5.32. The lowest BCUT2D eigenvalue weighted by Gasteiger charge is -2.13. The van der Waals surface area contributed by atoms with E-state index in [1.165, 1.54) is 13.0 Å². The summed E-state index contributed by atoms with van der Waals surface area (Å²) in [5.74, 6) is -6.04. The maximum absolute atomic E-state index is 13.7. The van der Waals surface area contributed by atoms with Gasteiger partial charge in [-0.3, -0.25) is 0 Å². The number of nitrogens with one attached hydrogen (secondary N) is 1. The normalized spacial score (nSPS) is 11.9. The largest absolute Gasteiger partial charge is 0.416 e. The maximum Gasteiger partial charge on any atom is 0.416 e. The highest BCUT2D eigenvalue weighted by atomic mass is 19.4. The van der Waals surface area contributed by atoms with Gasteiger partial charge in [-0.15, -0.1) is 0 Å². The van der Waals surface area contributed by atoms with Crippen molar-refractivity contribution in [3.05, 3.63) is 69.3 Å². The molecule has 2 rings (SSSR count). The van der Waals surface area contributed by atoms with Crippen LogP contribution in [0, 0.1) is 37.1 Å². The van der Waals surface area contributed by atoms with Crippen molar-refractivity contribution in [2.45, 2.75) is 33.1 Å². The first-order valence-corrected chi connectivity index (χ1v) is 7.22. The van der Waals surface area contributed by atoms with Crippen LogP contribution in [0.3, 0.4) is 0 Å². The van der Waals surface area contributed by atoms with E-state index >= 15 is 0 Å². The monoisotopic (exact) mass is 365 g/mol. The number of aryl methyl sites for hydroxylation is 1. The number of alkyl halides is 3. The van der Waals surface area contributed by atoms with Gasteiger partial charge in [0.05, 0.1) is 5.56 Å². The van der Waals surface area contributed by atoms with Gasteiger partial charge in [0.2, 0.25) is 0 Å². The number of halogens is 7. The molecular formula is C17H14F7N. The molecule has 1 nitrogen and oxygen atoms in total. The molecule has 0 bridgehead atoms. The van der Waals surface area contributed by atoms with E-state index in [0.717, 1.165) is 19.1 Å². The van der Waals surface area contributed by atoms with Gasteiger partial charge in [0.15, 0.2) is 23.3 Å². The van der Waals surface area contributed by atoms with Gasteiger partial charge in [0.25, 0.3) is 0 Å². The molecule has 0 unspecified atom stereocenters. The van der Waals surface area contributed by atoms with Gasteiger partial charge in [0.1, 0.15) is 0 Å². The summed E-state index contributed by atoms with van der Waals surface area (Å²) in [5.41, 5.74) is -1.89. The van der Waals surface area contributed by atoms with Crippen molar-refractivity contribution in [3.63, 3.8) is 0 Å². The van der Waals surface area contributed by atoms with Crippen molar-refractivity contribution < 1.29 is 30.7 Å². The van der Waals surface area contributed by atoms with Crippen LogP contribution in [0.5, 0.6) is 0 Å². The van der Waals surface area contributed by atoms with Crippen LogP contribution in [0.25, 0.3) is 0 Å². The smallest absolute Gasteiger partial charge is 0.308 e. The SMILES string of the molecule is Cc1cc(CNCc2c(F)c(F)c(C)c(F)c2F)cc(C(F)(F)F)c1. The van der Waals surface area contributed by atoms with Crippen LogP contribution in [0.1, 0.15) is 27.8 Å². The highest BCUT2D eigenvalue weighted by Gasteiger charge is 2.30. The fourth-order valence-corrected chi connectivity index (χ4v) is 2.40. The summed E-state index contributed by atoms with van der Waals surface area (Å²) in [6.07, 6.45) is -4.53. The molecule has 25 heavy (non-hydrogen) atoms. The second-order valence-corrected chi connectivity index (χ2v) is 5.67. The van der Waals surface area contributed by atoms with E-state index in [2.05, 4.69) is 5.32 Å². The van der Waals surface area contributed by atoms with Crippen LogP contribution >= 0.6 is 0 Å². The highest BCUT2D eigenvalue weighted by Crippen LogP contribution is 2.30. The molecule has 0 saturated carbocycles. The van der Waals surface area contributed by atoms with Crippen LogP contribution in [-0.2, 0) is 19.3 Å². The first-order chi connectivity index (χ1) is 11.5. The van der Waals surface area contributed by atoms with Crippen molar-refractivity contribution >= 4 is 0 Å². The van der Waals surface area contributed by atoms with Crippen molar-refractivity contribution in [2.24, 2.45) is 0 Å². The van der Waals surface area contributed by atoms with E-state index in [0.29, 0.717) is 5.56 Å². The predicted octanol–water partition coefficient (Wildman–Crippen LogP) is 5.17. The van der Waals surface area contributed by atoms with Gasteiger partial charge in [-0.05, 0) is 31.5 Å². The van der Waals surface area contributed by atoms with E-state index in [1.807, 2.05) is 0 Å². The van der Waals surface area contributed by atoms with E-state index in [-0.39, 0.29) is 12.1 Å². The van der Waals surface area contributed by atoms with Crippen molar-refractivity contribution in [2.75, 3.05) is 0 Å². The first-order valence-electron chi connectivity index (χ1n) is 7.22. The molecule has 2 aromatic carbocycles. The Kier molecular flexibility index (Phi) is 5.41. The topological polar surface area (TPSA) is 12.0 Å². The molecule has 0 saturated heterocycles. The zero-order chi connectivity index (χ0) is 18.9. The van der Waals surface area contributed by atoms with E-state index in [1.54, 1.807) is 0 Å². The number of rotatable bonds is 4. The Hall–Kier alpha value is -2.09. The third kappa shape index (κ3) is 4.12. The lowest BCUT2D eigenvalue weighted by molar-refractivity contribution is -0.137. The molecule has 0 amide bonds. The number of benzene rings is 2. The lowest BCUT2D eigenvalue weighted by Crippen LogP contribution is -2.18. The quantitative estimate of drug-likeness (QED) is 0.582. The van der Waals surface area contributed by atoms with Gasteiger partial charge in [-0.1, -0.05) is 11.6 Å². The Morgan fingerprint density at radius 3 is 1.88 bits per heavy atom. The van der Waals surface area contributed by atoms with Crippen LogP contribution in [0.2, 0.25) is 0 Å². The molecule has 0 aliphatic heterocycles. The zero-order valence-corrected chi connectivity index (χ0v) is 13.3. The molecule has 136 valence electrons. The third-order valence-electron chi connectivity index (χ3n) is 3.67. The van der Waals surface area contributed by atoms with E-state index < -0.39 is 52.7 Å². The summed E-state index contributed by atoms with van der Waals surface area (Å²) in [4.78, 5) is 0. The summed E-state index contributed by atoms with van der Waals surface area (Å²) in [6.45, 7) is 1.63. The van der Waals surface area contributed by atoms with Gasteiger partial charge in [-0.2, -0.15) is 13.2 Å². The fraction of sp³-hybridized carbons (Fsp3) is 0.294.